The highest BCUT2D eigenvalue weighted by molar-refractivity contribution is 6.09. The summed E-state index contributed by atoms with van der Waals surface area (Å²) in [4.78, 5) is 15.7. The van der Waals surface area contributed by atoms with E-state index in [9.17, 15) is 4.79 Å². The highest BCUT2D eigenvalue weighted by atomic mass is 16.6. The molecule has 5 aromatic rings. The lowest BCUT2D eigenvalue weighted by atomic mass is 9.78. The number of hydrogen-bond acceptors (Lipinski definition) is 3. The molecule has 2 heterocycles. The van der Waals surface area contributed by atoms with Crippen molar-refractivity contribution in [2.24, 2.45) is 0 Å². The lowest BCUT2D eigenvalue weighted by Crippen LogP contribution is -2.30. The van der Waals surface area contributed by atoms with Crippen LogP contribution < -0.4 is 4.90 Å². The van der Waals surface area contributed by atoms with Gasteiger partial charge in [-0.25, -0.2) is 4.79 Å². The minimum absolute atomic E-state index is 0.277. The molecule has 0 aliphatic carbocycles. The van der Waals surface area contributed by atoms with E-state index in [1.54, 1.807) is 0 Å². The van der Waals surface area contributed by atoms with Crippen LogP contribution in [0.2, 0.25) is 0 Å². The number of esters is 1. The van der Waals surface area contributed by atoms with Gasteiger partial charge in [0.15, 0.2) is 5.60 Å². The molecule has 0 bridgehead atoms. The summed E-state index contributed by atoms with van der Waals surface area (Å²) >= 11 is 0. The summed E-state index contributed by atoms with van der Waals surface area (Å²) in [5, 5.41) is 3.53. The summed E-state index contributed by atoms with van der Waals surface area (Å²) in [6.07, 6.45) is 0. The van der Waals surface area contributed by atoms with Gasteiger partial charge in [-0.05, 0) is 51.3 Å². The van der Waals surface area contributed by atoms with Gasteiger partial charge >= 0.3 is 5.97 Å². The van der Waals surface area contributed by atoms with E-state index < -0.39 is 5.60 Å². The average Bonchev–Trinajstić information content (AvgIpc) is 3.40. The third-order valence-corrected chi connectivity index (χ3v) is 8.05. The van der Waals surface area contributed by atoms with E-state index in [-0.39, 0.29) is 5.97 Å². The molecule has 4 heteroatoms. The van der Waals surface area contributed by atoms with Gasteiger partial charge in [0.25, 0.3) is 0 Å². The van der Waals surface area contributed by atoms with Crippen LogP contribution >= 0.6 is 0 Å². The second-order valence-corrected chi connectivity index (χ2v) is 9.72. The summed E-state index contributed by atoms with van der Waals surface area (Å²) in [5.74, 6) is -0.277. The Kier molecular flexibility index (Phi) is 5.56. The van der Waals surface area contributed by atoms with Crippen molar-refractivity contribution in [3.05, 3.63) is 113 Å². The van der Waals surface area contributed by atoms with Crippen LogP contribution in [0.15, 0.2) is 84.9 Å². The van der Waals surface area contributed by atoms with Crippen LogP contribution in [-0.4, -0.2) is 23.6 Å². The second-order valence-electron chi connectivity index (χ2n) is 9.72. The van der Waals surface area contributed by atoms with Crippen molar-refractivity contribution in [1.82, 2.24) is 4.57 Å². The lowest BCUT2D eigenvalue weighted by Gasteiger charge is -2.31. The fourth-order valence-corrected chi connectivity index (χ4v) is 6.34. The summed E-state index contributed by atoms with van der Waals surface area (Å²) < 4.78 is 8.91. The molecule has 0 fully saturated rings. The molecule has 1 aliphatic heterocycles. The minimum atomic E-state index is -1.03. The SMILES string of the molecule is CCN(CC)c1ccc(C2(c3c(C)n(CC)c4c3ccc3ccccc34)OC(=O)c3ccccc32)cc1. The maximum absolute atomic E-state index is 13.4. The smallest absolute Gasteiger partial charge is 0.340 e. The van der Waals surface area contributed by atoms with E-state index in [0.717, 1.165) is 47.4 Å². The number of aryl methyl sites for hydroxylation is 1. The molecule has 0 spiro atoms. The number of fused-ring (bicyclic) bond motifs is 4. The number of benzene rings is 4. The molecule has 37 heavy (non-hydrogen) atoms. The van der Waals surface area contributed by atoms with E-state index in [1.165, 1.54) is 22.0 Å². The van der Waals surface area contributed by atoms with Crippen molar-refractivity contribution >= 4 is 33.3 Å². The molecule has 0 saturated carbocycles. The largest absolute Gasteiger partial charge is 0.440 e. The molecular weight excluding hydrogens is 456 g/mol. The number of cyclic esters (lactones) is 1. The number of ether oxygens (including phenoxy) is 1. The second kappa shape index (κ2) is 8.81. The Morgan fingerprint density at radius 3 is 2.24 bits per heavy atom. The van der Waals surface area contributed by atoms with Crippen molar-refractivity contribution in [1.29, 1.82) is 0 Å². The summed E-state index contributed by atoms with van der Waals surface area (Å²) in [5.41, 5.74) is 5.99. The van der Waals surface area contributed by atoms with Gasteiger partial charge in [0.1, 0.15) is 0 Å². The molecule has 186 valence electrons. The summed E-state index contributed by atoms with van der Waals surface area (Å²) in [7, 11) is 0. The Labute approximate surface area is 218 Å². The van der Waals surface area contributed by atoms with Gasteiger partial charge < -0.3 is 14.2 Å². The number of carbonyl (C=O) groups excluding carboxylic acids is 1. The summed E-state index contributed by atoms with van der Waals surface area (Å²) in [6.45, 7) is 11.4. The zero-order valence-electron chi connectivity index (χ0n) is 21.9. The minimum Gasteiger partial charge on any atom is -0.440 e. The quantitative estimate of drug-likeness (QED) is 0.233. The first kappa shape index (κ1) is 23.4. The molecule has 1 atom stereocenters. The zero-order valence-corrected chi connectivity index (χ0v) is 21.9. The van der Waals surface area contributed by atoms with Crippen molar-refractivity contribution in [2.75, 3.05) is 18.0 Å². The number of hydrogen-bond donors (Lipinski definition) is 0. The number of aromatic nitrogens is 1. The van der Waals surface area contributed by atoms with Crippen molar-refractivity contribution in [3.8, 4) is 0 Å². The Bertz CT molecular complexity index is 1640. The highest BCUT2D eigenvalue weighted by Gasteiger charge is 2.51. The van der Waals surface area contributed by atoms with Gasteiger partial charge in [-0.15, -0.1) is 0 Å². The van der Waals surface area contributed by atoms with Gasteiger partial charge in [-0.2, -0.15) is 0 Å². The van der Waals surface area contributed by atoms with E-state index in [2.05, 4.69) is 97.8 Å². The van der Waals surface area contributed by atoms with Crippen LogP contribution in [0.1, 0.15) is 53.5 Å². The standard InChI is InChI=1S/C33H32N2O2/c1-5-34(6-2)25-19-17-24(18-20-25)33(29-15-11-10-14-27(29)32(36)37-33)30-22(4)35(7-3)31-26-13-9-8-12-23(26)16-21-28(30)31/h8-21H,5-7H2,1-4H3. The third-order valence-electron chi connectivity index (χ3n) is 8.05. The lowest BCUT2D eigenvalue weighted by molar-refractivity contribution is 0.0253. The maximum atomic E-state index is 13.4. The van der Waals surface area contributed by atoms with Gasteiger partial charge in [0.05, 0.1) is 11.1 Å². The van der Waals surface area contributed by atoms with Gasteiger partial charge in [0, 0.05) is 58.5 Å². The fourth-order valence-electron chi connectivity index (χ4n) is 6.34. The molecule has 0 saturated heterocycles. The number of anilines is 1. The van der Waals surface area contributed by atoms with Gasteiger partial charge in [-0.3, -0.25) is 0 Å². The van der Waals surface area contributed by atoms with Crippen LogP contribution in [0.3, 0.4) is 0 Å². The molecule has 0 amide bonds. The average molecular weight is 489 g/mol. The Hall–Kier alpha value is -4.05. The van der Waals surface area contributed by atoms with Crippen molar-refractivity contribution < 1.29 is 9.53 Å². The van der Waals surface area contributed by atoms with Crippen LogP contribution in [0, 0.1) is 6.92 Å². The molecule has 1 aliphatic rings. The van der Waals surface area contributed by atoms with Crippen molar-refractivity contribution in [3.63, 3.8) is 0 Å². The van der Waals surface area contributed by atoms with E-state index in [0.29, 0.717) is 5.56 Å². The van der Waals surface area contributed by atoms with Gasteiger partial charge in [-0.1, -0.05) is 66.7 Å². The predicted molar refractivity (Wildman–Crippen MR) is 152 cm³/mol. The Balaban J connectivity index is 1.71. The molecule has 0 radical (unpaired) electrons. The third kappa shape index (κ3) is 3.25. The van der Waals surface area contributed by atoms with Crippen LogP contribution in [0.5, 0.6) is 0 Å². The van der Waals surface area contributed by atoms with Crippen LogP contribution in [0.25, 0.3) is 21.7 Å². The highest BCUT2D eigenvalue weighted by Crippen LogP contribution is 2.51. The first-order valence-corrected chi connectivity index (χ1v) is 13.2. The monoisotopic (exact) mass is 488 g/mol. The first-order chi connectivity index (χ1) is 18.0. The zero-order chi connectivity index (χ0) is 25.7. The van der Waals surface area contributed by atoms with E-state index in [4.69, 9.17) is 4.74 Å². The van der Waals surface area contributed by atoms with E-state index >= 15 is 0 Å². The first-order valence-electron chi connectivity index (χ1n) is 13.2. The molecule has 0 N–H and O–H groups in total. The number of rotatable bonds is 6. The number of nitrogens with zero attached hydrogens (tertiary/aromatic N) is 2. The topological polar surface area (TPSA) is 34.5 Å². The van der Waals surface area contributed by atoms with E-state index in [1.807, 2.05) is 24.3 Å². The molecule has 1 unspecified atom stereocenters. The predicted octanol–water partition coefficient (Wildman–Crippen LogP) is 7.43. The Morgan fingerprint density at radius 2 is 1.51 bits per heavy atom. The van der Waals surface area contributed by atoms with Crippen LogP contribution in [-0.2, 0) is 16.9 Å². The van der Waals surface area contributed by atoms with Gasteiger partial charge in [0.2, 0.25) is 0 Å². The molecular formula is C33H32N2O2. The molecule has 6 rings (SSSR count). The maximum Gasteiger partial charge on any atom is 0.340 e. The fraction of sp³-hybridized carbons (Fsp3) is 0.242. The molecule has 4 aromatic carbocycles. The van der Waals surface area contributed by atoms with Crippen molar-refractivity contribution in [2.45, 2.75) is 39.8 Å². The molecule has 4 nitrogen and oxygen atoms in total. The normalized spacial score (nSPS) is 16.8. The van der Waals surface area contributed by atoms with Crippen LogP contribution in [0.4, 0.5) is 5.69 Å². The number of carbonyl (C=O) groups is 1. The Morgan fingerprint density at radius 1 is 0.811 bits per heavy atom. The summed E-state index contributed by atoms with van der Waals surface area (Å²) in [6, 6.07) is 29.3. The molecule has 1 aromatic heterocycles.